The quantitative estimate of drug-likeness (QED) is 0.807. The number of hydrogen-bond acceptors (Lipinski definition) is 3. The molecule has 0 aliphatic heterocycles. The zero-order chi connectivity index (χ0) is 10.1. The van der Waals surface area contributed by atoms with Gasteiger partial charge in [0.15, 0.2) is 0 Å². The monoisotopic (exact) mass is 316 g/mol. The molecule has 0 saturated heterocycles. The second-order valence-corrected chi connectivity index (χ2v) is 4.53. The highest BCUT2D eigenvalue weighted by molar-refractivity contribution is 9.11. The van der Waals surface area contributed by atoms with E-state index in [9.17, 15) is 0 Å². The summed E-state index contributed by atoms with van der Waals surface area (Å²) in [5.41, 5.74) is 0.710. The van der Waals surface area contributed by atoms with Gasteiger partial charge >= 0.3 is 0 Å². The van der Waals surface area contributed by atoms with Crippen molar-refractivity contribution in [3.8, 4) is 11.6 Å². The molecule has 0 unspecified atom stereocenters. The normalized spacial score (nSPS) is 10.5. The summed E-state index contributed by atoms with van der Waals surface area (Å²) in [6.07, 6.45) is 3.38. The number of rotatable bonds is 1. The van der Waals surface area contributed by atoms with Gasteiger partial charge in [-0.05, 0) is 44.8 Å². The molecular weight excluding hydrogens is 312 g/mol. The van der Waals surface area contributed by atoms with Crippen molar-refractivity contribution < 1.29 is 4.42 Å². The molecule has 0 fully saturated rings. The Bertz CT molecular complexity index is 468. The highest BCUT2D eigenvalue weighted by Gasteiger charge is 2.10. The molecule has 3 nitrogen and oxygen atoms in total. The Labute approximate surface area is 97.8 Å². The zero-order valence-electron chi connectivity index (χ0n) is 7.29. The fourth-order valence-electron chi connectivity index (χ4n) is 1.04. The van der Waals surface area contributed by atoms with E-state index in [1.807, 2.05) is 13.0 Å². The summed E-state index contributed by atoms with van der Waals surface area (Å²) in [6, 6.07) is 1.90. The molecule has 0 aliphatic carbocycles. The van der Waals surface area contributed by atoms with E-state index in [0.717, 1.165) is 14.7 Å². The van der Waals surface area contributed by atoms with Crippen LogP contribution in [-0.2, 0) is 0 Å². The highest BCUT2D eigenvalue weighted by atomic mass is 79.9. The topological polar surface area (TPSA) is 38.9 Å². The molecule has 0 aliphatic rings. The van der Waals surface area contributed by atoms with Crippen LogP contribution in [-0.4, -0.2) is 9.97 Å². The Balaban J connectivity index is 2.52. The Morgan fingerprint density at radius 1 is 1.21 bits per heavy atom. The molecule has 0 bridgehead atoms. The molecule has 2 aromatic rings. The van der Waals surface area contributed by atoms with Gasteiger partial charge < -0.3 is 4.42 Å². The summed E-state index contributed by atoms with van der Waals surface area (Å²) in [5, 5.41) is 0. The van der Waals surface area contributed by atoms with E-state index in [0.29, 0.717) is 11.6 Å². The number of aromatic nitrogens is 2. The lowest BCUT2D eigenvalue weighted by Gasteiger charge is -1.98. The van der Waals surface area contributed by atoms with Crippen LogP contribution in [0, 0.1) is 6.92 Å². The third-order valence-electron chi connectivity index (χ3n) is 1.63. The van der Waals surface area contributed by atoms with Gasteiger partial charge in [0.05, 0.1) is 6.20 Å². The predicted octanol–water partition coefficient (Wildman–Crippen LogP) is 3.57. The lowest BCUT2D eigenvalue weighted by molar-refractivity contribution is 0.540. The minimum absolute atomic E-state index is 0.530. The van der Waals surface area contributed by atoms with Gasteiger partial charge in [0.25, 0.3) is 0 Å². The van der Waals surface area contributed by atoms with Gasteiger partial charge in [-0.25, -0.2) is 9.97 Å². The summed E-state index contributed by atoms with van der Waals surface area (Å²) in [5.74, 6) is 1.30. The Morgan fingerprint density at radius 2 is 2.00 bits per heavy atom. The van der Waals surface area contributed by atoms with Crippen LogP contribution in [0.4, 0.5) is 0 Å². The van der Waals surface area contributed by atoms with E-state index in [1.165, 1.54) is 0 Å². The molecule has 2 heterocycles. The van der Waals surface area contributed by atoms with Crippen LogP contribution in [0.3, 0.4) is 0 Å². The Kier molecular flexibility index (Phi) is 2.69. The minimum Gasteiger partial charge on any atom is -0.440 e. The third kappa shape index (κ3) is 1.88. The van der Waals surface area contributed by atoms with Crippen LogP contribution in [0.2, 0.25) is 0 Å². The molecule has 2 aromatic heterocycles. The first kappa shape index (κ1) is 9.86. The minimum atomic E-state index is 0.530. The number of halogens is 2. The van der Waals surface area contributed by atoms with Crippen LogP contribution in [0.5, 0.6) is 0 Å². The molecule has 72 valence electrons. The average Bonchev–Trinajstić information content (AvgIpc) is 2.51. The Morgan fingerprint density at radius 3 is 2.57 bits per heavy atom. The number of oxazole rings is 1. The van der Waals surface area contributed by atoms with Gasteiger partial charge in [0.1, 0.15) is 11.5 Å². The van der Waals surface area contributed by atoms with Crippen LogP contribution < -0.4 is 0 Å². The van der Waals surface area contributed by atoms with Crippen LogP contribution in [0.25, 0.3) is 11.6 Å². The molecule has 0 atom stereocenters. The van der Waals surface area contributed by atoms with Crippen molar-refractivity contribution in [3.63, 3.8) is 0 Å². The SMILES string of the molecule is Cc1cnc(-c2ncc(Br)cc2Br)o1. The number of aryl methyl sites for hydroxylation is 1. The number of pyridine rings is 1. The fraction of sp³-hybridized carbons (Fsp3) is 0.111. The highest BCUT2D eigenvalue weighted by Crippen LogP contribution is 2.27. The van der Waals surface area contributed by atoms with Crippen molar-refractivity contribution in [3.05, 3.63) is 33.2 Å². The lowest BCUT2D eigenvalue weighted by Crippen LogP contribution is -1.84. The van der Waals surface area contributed by atoms with Gasteiger partial charge in [-0.3, -0.25) is 0 Å². The van der Waals surface area contributed by atoms with Crippen LogP contribution >= 0.6 is 31.9 Å². The first-order chi connectivity index (χ1) is 6.66. The maximum Gasteiger partial charge on any atom is 0.246 e. The molecule has 14 heavy (non-hydrogen) atoms. The molecule has 0 spiro atoms. The summed E-state index contributed by atoms with van der Waals surface area (Å²) in [6.45, 7) is 1.85. The van der Waals surface area contributed by atoms with Crippen molar-refractivity contribution >= 4 is 31.9 Å². The van der Waals surface area contributed by atoms with E-state index in [4.69, 9.17) is 4.42 Å². The van der Waals surface area contributed by atoms with E-state index in [-0.39, 0.29) is 0 Å². The predicted molar refractivity (Wildman–Crippen MR) is 59.9 cm³/mol. The molecule has 0 radical (unpaired) electrons. The molecule has 0 aromatic carbocycles. The maximum atomic E-state index is 5.37. The molecular formula is C9H6Br2N2O. The maximum absolute atomic E-state index is 5.37. The van der Waals surface area contributed by atoms with Gasteiger partial charge in [-0.1, -0.05) is 0 Å². The molecule has 0 N–H and O–H groups in total. The van der Waals surface area contributed by atoms with E-state index in [1.54, 1.807) is 12.4 Å². The van der Waals surface area contributed by atoms with Gasteiger partial charge in [-0.15, -0.1) is 0 Å². The van der Waals surface area contributed by atoms with Gasteiger partial charge in [0.2, 0.25) is 5.89 Å². The zero-order valence-corrected chi connectivity index (χ0v) is 10.5. The average molecular weight is 318 g/mol. The summed E-state index contributed by atoms with van der Waals surface area (Å²) in [4.78, 5) is 8.31. The summed E-state index contributed by atoms with van der Waals surface area (Å²) >= 11 is 6.73. The van der Waals surface area contributed by atoms with Crippen LogP contribution in [0.1, 0.15) is 5.76 Å². The first-order valence-corrected chi connectivity index (χ1v) is 5.49. The largest absolute Gasteiger partial charge is 0.440 e. The standard InChI is InChI=1S/C9H6Br2N2O/c1-5-3-13-9(14-5)8-7(11)2-6(10)4-12-8/h2-4H,1H3. The number of nitrogens with zero attached hydrogens (tertiary/aromatic N) is 2. The lowest BCUT2D eigenvalue weighted by atomic mass is 10.3. The molecule has 0 amide bonds. The van der Waals surface area contributed by atoms with E-state index >= 15 is 0 Å². The molecule has 0 saturated carbocycles. The van der Waals surface area contributed by atoms with E-state index < -0.39 is 0 Å². The van der Waals surface area contributed by atoms with Crippen molar-refractivity contribution in [2.45, 2.75) is 6.92 Å². The van der Waals surface area contributed by atoms with Crippen molar-refractivity contribution in [2.24, 2.45) is 0 Å². The van der Waals surface area contributed by atoms with Crippen molar-refractivity contribution in [2.75, 3.05) is 0 Å². The van der Waals surface area contributed by atoms with Crippen molar-refractivity contribution in [1.82, 2.24) is 9.97 Å². The van der Waals surface area contributed by atoms with Gasteiger partial charge in [0, 0.05) is 15.1 Å². The van der Waals surface area contributed by atoms with Crippen molar-refractivity contribution in [1.29, 1.82) is 0 Å². The summed E-state index contributed by atoms with van der Waals surface area (Å²) in [7, 11) is 0. The molecule has 5 heteroatoms. The fourth-order valence-corrected chi connectivity index (χ4v) is 2.19. The van der Waals surface area contributed by atoms with E-state index in [2.05, 4.69) is 41.8 Å². The second-order valence-electron chi connectivity index (χ2n) is 2.76. The summed E-state index contributed by atoms with van der Waals surface area (Å²) < 4.78 is 7.14. The number of hydrogen-bond donors (Lipinski definition) is 0. The van der Waals surface area contributed by atoms with Gasteiger partial charge in [-0.2, -0.15) is 0 Å². The van der Waals surface area contributed by atoms with Crippen LogP contribution in [0.15, 0.2) is 31.8 Å². The molecule has 2 rings (SSSR count). The first-order valence-electron chi connectivity index (χ1n) is 3.90. The Hall–Kier alpha value is -0.680. The smallest absolute Gasteiger partial charge is 0.246 e. The third-order valence-corrected chi connectivity index (χ3v) is 2.67. The second kappa shape index (κ2) is 3.82.